The number of amides is 3. The van der Waals surface area contributed by atoms with E-state index in [1.807, 2.05) is 17.0 Å². The molecule has 0 spiro atoms. The van der Waals surface area contributed by atoms with E-state index in [1.165, 1.54) is 35.4 Å². The molecule has 3 aromatic rings. The van der Waals surface area contributed by atoms with Crippen LogP contribution in [0.4, 0.5) is 27.5 Å². The molecular formula is C27H27N5O4. The highest BCUT2D eigenvalue weighted by molar-refractivity contribution is 6.04. The lowest BCUT2D eigenvalue weighted by molar-refractivity contribution is -0.384. The van der Waals surface area contributed by atoms with Crippen molar-refractivity contribution in [3.63, 3.8) is 0 Å². The van der Waals surface area contributed by atoms with Gasteiger partial charge in [-0.2, -0.15) is 0 Å². The van der Waals surface area contributed by atoms with E-state index in [1.54, 1.807) is 12.1 Å². The van der Waals surface area contributed by atoms with Crippen LogP contribution in [-0.2, 0) is 13.0 Å². The van der Waals surface area contributed by atoms with Crippen molar-refractivity contribution in [3.05, 3.63) is 93.5 Å². The third-order valence-corrected chi connectivity index (χ3v) is 6.69. The quantitative estimate of drug-likeness (QED) is 0.389. The van der Waals surface area contributed by atoms with Crippen LogP contribution in [0.3, 0.4) is 0 Å². The minimum absolute atomic E-state index is 0.0271. The minimum atomic E-state index is -0.497. The number of urea groups is 1. The molecule has 1 fully saturated rings. The molecule has 3 aromatic carbocycles. The molecule has 3 amide bonds. The summed E-state index contributed by atoms with van der Waals surface area (Å²) in [5.41, 5.74) is 4.90. The van der Waals surface area contributed by atoms with Crippen molar-refractivity contribution < 1.29 is 14.5 Å². The van der Waals surface area contributed by atoms with Crippen LogP contribution in [0.25, 0.3) is 0 Å². The van der Waals surface area contributed by atoms with Crippen LogP contribution in [0.2, 0.25) is 0 Å². The Labute approximate surface area is 208 Å². The van der Waals surface area contributed by atoms with Gasteiger partial charge in [-0.15, -0.1) is 0 Å². The number of non-ortho nitro benzene ring substituents is 1. The number of anilines is 3. The number of carbonyl (C=O) groups is 2. The summed E-state index contributed by atoms with van der Waals surface area (Å²) in [4.78, 5) is 40.5. The molecular weight excluding hydrogens is 458 g/mol. The maximum Gasteiger partial charge on any atom is 0.323 e. The Hall–Kier alpha value is -4.40. The van der Waals surface area contributed by atoms with Crippen LogP contribution in [0, 0.1) is 10.1 Å². The molecule has 9 nitrogen and oxygen atoms in total. The second kappa shape index (κ2) is 10.1. The molecule has 1 saturated heterocycles. The molecule has 5 rings (SSSR count). The molecule has 0 unspecified atom stereocenters. The predicted octanol–water partition coefficient (Wildman–Crippen LogP) is 5.04. The van der Waals surface area contributed by atoms with Crippen LogP contribution < -0.4 is 15.5 Å². The number of carbonyl (C=O) groups excluding carboxylic acids is 2. The van der Waals surface area contributed by atoms with Crippen LogP contribution in [0.15, 0.2) is 66.7 Å². The van der Waals surface area contributed by atoms with E-state index in [0.29, 0.717) is 16.9 Å². The average molecular weight is 486 g/mol. The second-order valence-electron chi connectivity index (χ2n) is 9.05. The van der Waals surface area contributed by atoms with E-state index in [2.05, 4.69) is 33.7 Å². The van der Waals surface area contributed by atoms with Gasteiger partial charge in [0.1, 0.15) is 0 Å². The lowest BCUT2D eigenvalue weighted by Crippen LogP contribution is -2.34. The van der Waals surface area contributed by atoms with Crippen molar-refractivity contribution in [1.29, 1.82) is 0 Å². The minimum Gasteiger partial charge on any atom is -0.366 e. The summed E-state index contributed by atoms with van der Waals surface area (Å²) in [5, 5.41) is 16.3. The number of benzene rings is 3. The fourth-order valence-corrected chi connectivity index (χ4v) is 4.81. The summed E-state index contributed by atoms with van der Waals surface area (Å²) >= 11 is 0. The number of nitro benzene ring substituents is 1. The van der Waals surface area contributed by atoms with Gasteiger partial charge in [-0.1, -0.05) is 24.3 Å². The lowest BCUT2D eigenvalue weighted by atomic mass is 9.98. The van der Waals surface area contributed by atoms with Crippen molar-refractivity contribution in [2.75, 3.05) is 35.2 Å². The SMILES string of the molecule is O=C(Nc1ccc([N+](=O)[O-])cc1)Nc1ccc(N2CCc3ccccc3C2)c(C(=O)N2CCCC2)c1. The maximum absolute atomic E-state index is 13.5. The maximum atomic E-state index is 13.5. The van der Waals surface area contributed by atoms with Crippen molar-refractivity contribution in [2.45, 2.75) is 25.8 Å². The second-order valence-corrected chi connectivity index (χ2v) is 9.05. The number of hydrogen-bond donors (Lipinski definition) is 2. The van der Waals surface area contributed by atoms with Gasteiger partial charge in [-0.3, -0.25) is 14.9 Å². The van der Waals surface area contributed by atoms with Crippen LogP contribution in [-0.4, -0.2) is 41.4 Å². The molecule has 0 aromatic heterocycles. The molecule has 0 radical (unpaired) electrons. The van der Waals surface area contributed by atoms with Crippen LogP contribution >= 0.6 is 0 Å². The van der Waals surface area contributed by atoms with E-state index in [9.17, 15) is 19.7 Å². The van der Waals surface area contributed by atoms with Crippen molar-refractivity contribution in [2.24, 2.45) is 0 Å². The summed E-state index contributed by atoms with van der Waals surface area (Å²) in [7, 11) is 0. The standard InChI is InChI=1S/C27H27N5O4/c33-26(30-14-3-4-15-30)24-17-22(29-27(34)28-21-7-10-23(11-8-21)32(35)36)9-12-25(24)31-16-13-19-5-1-2-6-20(19)18-31/h1-2,5-12,17H,3-4,13-16,18H2,(H2,28,29,34). The number of fused-ring (bicyclic) bond motifs is 1. The Morgan fingerprint density at radius 2 is 1.50 bits per heavy atom. The monoisotopic (exact) mass is 485 g/mol. The van der Waals surface area contributed by atoms with Crippen LogP contribution in [0.5, 0.6) is 0 Å². The Bertz CT molecular complexity index is 1300. The van der Waals surface area contributed by atoms with Gasteiger partial charge < -0.3 is 20.4 Å². The van der Waals surface area contributed by atoms with E-state index in [4.69, 9.17) is 0 Å². The largest absolute Gasteiger partial charge is 0.366 e. The Kier molecular flexibility index (Phi) is 6.53. The fraction of sp³-hybridized carbons (Fsp3) is 0.259. The van der Waals surface area contributed by atoms with Gasteiger partial charge in [0.2, 0.25) is 0 Å². The summed E-state index contributed by atoms with van der Waals surface area (Å²) < 4.78 is 0. The number of nitro groups is 1. The lowest BCUT2D eigenvalue weighted by Gasteiger charge is -2.33. The zero-order valence-corrected chi connectivity index (χ0v) is 19.8. The highest BCUT2D eigenvalue weighted by atomic mass is 16.6. The summed E-state index contributed by atoms with van der Waals surface area (Å²) in [6.07, 6.45) is 2.90. The molecule has 2 N–H and O–H groups in total. The van der Waals surface area contributed by atoms with Crippen LogP contribution in [0.1, 0.15) is 34.3 Å². The molecule has 2 aliphatic rings. The predicted molar refractivity (Wildman–Crippen MR) is 139 cm³/mol. The Balaban J connectivity index is 1.37. The smallest absolute Gasteiger partial charge is 0.323 e. The molecule has 0 atom stereocenters. The first-order valence-corrected chi connectivity index (χ1v) is 12.1. The van der Waals surface area contributed by atoms with E-state index in [-0.39, 0.29) is 11.6 Å². The Morgan fingerprint density at radius 1 is 0.833 bits per heavy atom. The first kappa shape index (κ1) is 23.3. The number of rotatable bonds is 5. The van der Waals surface area contributed by atoms with Crippen molar-refractivity contribution >= 4 is 34.7 Å². The normalized spacial score (nSPS) is 14.8. The summed E-state index contributed by atoms with van der Waals surface area (Å²) in [5.74, 6) is -0.0271. The van der Waals surface area contributed by atoms with Crippen molar-refractivity contribution in [1.82, 2.24) is 4.90 Å². The first-order valence-electron chi connectivity index (χ1n) is 12.1. The van der Waals surface area contributed by atoms with E-state index in [0.717, 1.165) is 51.1 Å². The Morgan fingerprint density at radius 3 is 2.22 bits per heavy atom. The zero-order valence-electron chi connectivity index (χ0n) is 19.8. The van der Waals surface area contributed by atoms with Gasteiger partial charge in [-0.25, -0.2) is 4.79 Å². The number of nitrogens with one attached hydrogen (secondary N) is 2. The van der Waals surface area contributed by atoms with E-state index < -0.39 is 11.0 Å². The third-order valence-electron chi connectivity index (χ3n) is 6.69. The fourth-order valence-electron chi connectivity index (χ4n) is 4.81. The van der Waals surface area contributed by atoms with Gasteiger partial charge in [0, 0.05) is 55.4 Å². The summed E-state index contributed by atoms with van der Waals surface area (Å²) in [6, 6.07) is 18.9. The zero-order chi connectivity index (χ0) is 25.1. The molecule has 9 heteroatoms. The van der Waals surface area contributed by atoms with Gasteiger partial charge in [0.15, 0.2) is 0 Å². The number of nitrogens with zero attached hydrogens (tertiary/aromatic N) is 3. The van der Waals surface area contributed by atoms with Crippen molar-refractivity contribution in [3.8, 4) is 0 Å². The summed E-state index contributed by atoms with van der Waals surface area (Å²) in [6.45, 7) is 3.01. The number of hydrogen-bond acceptors (Lipinski definition) is 5. The molecule has 36 heavy (non-hydrogen) atoms. The highest BCUT2D eigenvalue weighted by Crippen LogP contribution is 2.31. The molecule has 0 aliphatic carbocycles. The van der Waals surface area contributed by atoms with Gasteiger partial charge in [0.05, 0.1) is 10.5 Å². The molecule has 0 saturated carbocycles. The third kappa shape index (κ3) is 5.00. The molecule has 0 bridgehead atoms. The van der Waals surface area contributed by atoms with Gasteiger partial charge in [-0.05, 0) is 60.7 Å². The van der Waals surface area contributed by atoms with E-state index >= 15 is 0 Å². The van der Waals surface area contributed by atoms with Gasteiger partial charge >= 0.3 is 6.03 Å². The first-order chi connectivity index (χ1) is 17.5. The van der Waals surface area contributed by atoms with Gasteiger partial charge in [0.25, 0.3) is 11.6 Å². The molecule has 184 valence electrons. The average Bonchev–Trinajstić information content (AvgIpc) is 3.43. The highest BCUT2D eigenvalue weighted by Gasteiger charge is 2.26. The molecule has 2 aliphatic heterocycles. The number of likely N-dealkylation sites (tertiary alicyclic amines) is 1. The molecule has 2 heterocycles. The topological polar surface area (TPSA) is 108 Å².